The standard InChI is InChI=1S/C15H10N4/c1-2-11-12(16-7-1)5-3-10-4-6-13(19-14(10)11)15-17-8-9-18-15/h1-9H,(H,17,18). The van der Waals surface area contributed by atoms with Gasteiger partial charge < -0.3 is 4.98 Å². The summed E-state index contributed by atoms with van der Waals surface area (Å²) in [7, 11) is 0. The molecule has 0 aliphatic rings. The number of imidazole rings is 1. The number of hydrogen-bond acceptors (Lipinski definition) is 3. The second kappa shape index (κ2) is 3.88. The zero-order valence-electron chi connectivity index (χ0n) is 10.0. The van der Waals surface area contributed by atoms with Crippen molar-refractivity contribution in [2.24, 2.45) is 0 Å². The van der Waals surface area contributed by atoms with Crippen LogP contribution in [0.1, 0.15) is 0 Å². The van der Waals surface area contributed by atoms with E-state index >= 15 is 0 Å². The van der Waals surface area contributed by atoms with Crippen molar-refractivity contribution in [3.63, 3.8) is 0 Å². The summed E-state index contributed by atoms with van der Waals surface area (Å²) in [6.45, 7) is 0. The van der Waals surface area contributed by atoms with Gasteiger partial charge in [0.25, 0.3) is 0 Å². The molecular formula is C15H10N4. The third-order valence-electron chi connectivity index (χ3n) is 3.18. The molecule has 0 unspecified atom stereocenters. The Morgan fingerprint density at radius 3 is 2.74 bits per heavy atom. The number of pyridine rings is 2. The van der Waals surface area contributed by atoms with Crippen molar-refractivity contribution in [1.29, 1.82) is 0 Å². The molecule has 0 saturated heterocycles. The van der Waals surface area contributed by atoms with Gasteiger partial charge in [-0.1, -0.05) is 12.1 Å². The molecule has 0 amide bonds. The average Bonchev–Trinajstić information content (AvgIpc) is 3.01. The molecule has 1 aromatic carbocycles. The van der Waals surface area contributed by atoms with Crippen LogP contribution in [0.5, 0.6) is 0 Å². The molecule has 0 radical (unpaired) electrons. The maximum absolute atomic E-state index is 4.71. The van der Waals surface area contributed by atoms with Gasteiger partial charge in [0.1, 0.15) is 5.69 Å². The lowest BCUT2D eigenvalue weighted by Gasteiger charge is -2.04. The highest BCUT2D eigenvalue weighted by molar-refractivity contribution is 6.04. The first-order valence-corrected chi connectivity index (χ1v) is 6.06. The number of hydrogen-bond donors (Lipinski definition) is 1. The van der Waals surface area contributed by atoms with E-state index < -0.39 is 0 Å². The van der Waals surface area contributed by atoms with Gasteiger partial charge in [-0.05, 0) is 24.3 Å². The van der Waals surface area contributed by atoms with Crippen LogP contribution in [0.3, 0.4) is 0 Å². The number of fused-ring (bicyclic) bond motifs is 3. The van der Waals surface area contributed by atoms with E-state index in [0.717, 1.165) is 33.3 Å². The van der Waals surface area contributed by atoms with Crippen molar-refractivity contribution in [3.8, 4) is 11.5 Å². The van der Waals surface area contributed by atoms with Gasteiger partial charge in [0.15, 0.2) is 5.82 Å². The normalized spacial score (nSPS) is 11.2. The minimum Gasteiger partial charge on any atom is -0.343 e. The van der Waals surface area contributed by atoms with E-state index in [-0.39, 0.29) is 0 Å². The molecule has 4 nitrogen and oxygen atoms in total. The predicted octanol–water partition coefficient (Wildman–Crippen LogP) is 3.17. The van der Waals surface area contributed by atoms with Crippen LogP contribution in [0.4, 0.5) is 0 Å². The number of nitrogens with one attached hydrogen (secondary N) is 1. The predicted molar refractivity (Wildman–Crippen MR) is 74.6 cm³/mol. The topological polar surface area (TPSA) is 54.5 Å². The molecule has 3 heterocycles. The molecule has 4 rings (SSSR count). The van der Waals surface area contributed by atoms with Crippen LogP contribution in [0.25, 0.3) is 33.3 Å². The molecule has 0 atom stereocenters. The SMILES string of the molecule is c1cnc2ccc3ccc(-c4ncc[nH]4)nc3c2c1. The van der Waals surface area contributed by atoms with Crippen LogP contribution in [-0.2, 0) is 0 Å². The molecular weight excluding hydrogens is 236 g/mol. The van der Waals surface area contributed by atoms with Gasteiger partial charge in [-0.2, -0.15) is 0 Å². The Labute approximate surface area is 109 Å². The molecule has 1 N–H and O–H groups in total. The number of rotatable bonds is 1. The van der Waals surface area contributed by atoms with Crippen LogP contribution in [0, 0.1) is 0 Å². The highest BCUT2D eigenvalue weighted by Gasteiger charge is 2.06. The zero-order chi connectivity index (χ0) is 12.7. The van der Waals surface area contributed by atoms with E-state index in [1.807, 2.05) is 30.3 Å². The number of aromatic nitrogens is 4. The van der Waals surface area contributed by atoms with Crippen LogP contribution in [0.15, 0.2) is 55.0 Å². The maximum atomic E-state index is 4.71. The van der Waals surface area contributed by atoms with Gasteiger partial charge in [-0.15, -0.1) is 0 Å². The molecule has 0 saturated carbocycles. The molecule has 4 aromatic rings. The van der Waals surface area contributed by atoms with Crippen LogP contribution in [0.2, 0.25) is 0 Å². The lowest BCUT2D eigenvalue weighted by atomic mass is 10.1. The third-order valence-corrected chi connectivity index (χ3v) is 3.18. The molecule has 19 heavy (non-hydrogen) atoms. The smallest absolute Gasteiger partial charge is 0.155 e. The molecule has 0 fully saturated rings. The molecule has 3 aromatic heterocycles. The Kier molecular flexibility index (Phi) is 2.08. The monoisotopic (exact) mass is 246 g/mol. The van der Waals surface area contributed by atoms with Gasteiger partial charge in [0, 0.05) is 29.4 Å². The van der Waals surface area contributed by atoms with Gasteiger partial charge in [-0.25, -0.2) is 9.97 Å². The van der Waals surface area contributed by atoms with Gasteiger partial charge >= 0.3 is 0 Å². The molecule has 0 spiro atoms. The van der Waals surface area contributed by atoms with Crippen LogP contribution < -0.4 is 0 Å². The van der Waals surface area contributed by atoms with Crippen molar-refractivity contribution in [2.45, 2.75) is 0 Å². The number of benzene rings is 1. The summed E-state index contributed by atoms with van der Waals surface area (Å²) >= 11 is 0. The van der Waals surface area contributed by atoms with Gasteiger partial charge in [-0.3, -0.25) is 4.98 Å². The minimum absolute atomic E-state index is 0.780. The Bertz CT molecular complexity index is 866. The minimum atomic E-state index is 0.780. The quantitative estimate of drug-likeness (QED) is 0.525. The summed E-state index contributed by atoms with van der Waals surface area (Å²) in [6, 6.07) is 12.1. The van der Waals surface area contributed by atoms with Gasteiger partial charge in [0.2, 0.25) is 0 Å². The van der Waals surface area contributed by atoms with E-state index in [4.69, 9.17) is 4.98 Å². The summed E-state index contributed by atoms with van der Waals surface area (Å²) in [5, 5.41) is 2.17. The van der Waals surface area contributed by atoms with E-state index in [9.17, 15) is 0 Å². The fourth-order valence-corrected chi connectivity index (χ4v) is 2.28. The van der Waals surface area contributed by atoms with Crippen molar-refractivity contribution in [3.05, 3.63) is 55.0 Å². The summed E-state index contributed by atoms with van der Waals surface area (Å²) in [6.07, 6.45) is 5.32. The molecule has 90 valence electrons. The van der Waals surface area contributed by atoms with E-state index in [0.29, 0.717) is 0 Å². The van der Waals surface area contributed by atoms with E-state index in [1.54, 1.807) is 18.6 Å². The summed E-state index contributed by atoms with van der Waals surface area (Å²) < 4.78 is 0. The van der Waals surface area contributed by atoms with Crippen molar-refractivity contribution in [2.75, 3.05) is 0 Å². The fourth-order valence-electron chi connectivity index (χ4n) is 2.28. The highest BCUT2D eigenvalue weighted by atomic mass is 14.9. The van der Waals surface area contributed by atoms with Crippen LogP contribution in [-0.4, -0.2) is 19.9 Å². The number of nitrogens with zero attached hydrogens (tertiary/aromatic N) is 3. The third kappa shape index (κ3) is 1.57. The largest absolute Gasteiger partial charge is 0.343 e. The first kappa shape index (κ1) is 10.2. The molecule has 4 heteroatoms. The first-order valence-electron chi connectivity index (χ1n) is 6.06. The van der Waals surface area contributed by atoms with E-state index in [2.05, 4.69) is 21.0 Å². The van der Waals surface area contributed by atoms with Gasteiger partial charge in [0.05, 0.1) is 11.0 Å². The summed E-state index contributed by atoms with van der Waals surface area (Å²) in [4.78, 5) is 16.4. The Morgan fingerprint density at radius 2 is 1.84 bits per heavy atom. The second-order valence-electron chi connectivity index (χ2n) is 4.34. The molecule has 0 aliphatic heterocycles. The zero-order valence-corrected chi connectivity index (χ0v) is 10.0. The second-order valence-corrected chi connectivity index (χ2v) is 4.34. The highest BCUT2D eigenvalue weighted by Crippen LogP contribution is 2.24. The summed E-state index contributed by atoms with van der Waals surface area (Å²) in [5.41, 5.74) is 2.76. The number of aromatic amines is 1. The molecule has 0 aliphatic carbocycles. The van der Waals surface area contributed by atoms with E-state index in [1.165, 1.54) is 0 Å². The van der Waals surface area contributed by atoms with Crippen molar-refractivity contribution in [1.82, 2.24) is 19.9 Å². The van der Waals surface area contributed by atoms with Crippen LogP contribution >= 0.6 is 0 Å². The first-order chi connectivity index (χ1) is 9.42. The Balaban J connectivity index is 2.09. The number of H-pyrrole nitrogens is 1. The maximum Gasteiger partial charge on any atom is 0.155 e. The Hall–Kier alpha value is -2.75. The van der Waals surface area contributed by atoms with Crippen molar-refractivity contribution >= 4 is 21.8 Å². The average molecular weight is 246 g/mol. The lowest BCUT2D eigenvalue weighted by molar-refractivity contribution is 1.25. The Morgan fingerprint density at radius 1 is 0.895 bits per heavy atom. The molecule has 0 bridgehead atoms. The summed E-state index contributed by atoms with van der Waals surface area (Å²) in [5.74, 6) is 0.780. The fraction of sp³-hybridized carbons (Fsp3) is 0. The lowest BCUT2D eigenvalue weighted by Crippen LogP contribution is -1.89. The van der Waals surface area contributed by atoms with Crippen molar-refractivity contribution < 1.29 is 0 Å².